The second kappa shape index (κ2) is 5.65. The SMILES string of the molecule is CC(C)c1ccc(-c2[nH]c3ccc(F)cc3c2CC#N)cc1. The zero-order valence-electron chi connectivity index (χ0n) is 12.7. The van der Waals surface area contributed by atoms with Crippen molar-refractivity contribution in [3.63, 3.8) is 0 Å². The van der Waals surface area contributed by atoms with Crippen molar-refractivity contribution >= 4 is 10.9 Å². The Morgan fingerprint density at radius 1 is 1.14 bits per heavy atom. The number of hydrogen-bond acceptors (Lipinski definition) is 1. The molecule has 0 radical (unpaired) electrons. The first-order chi connectivity index (χ1) is 10.6. The number of aromatic nitrogens is 1. The number of aromatic amines is 1. The highest BCUT2D eigenvalue weighted by atomic mass is 19.1. The zero-order chi connectivity index (χ0) is 15.7. The third-order valence-electron chi connectivity index (χ3n) is 3.99. The lowest BCUT2D eigenvalue weighted by atomic mass is 9.98. The van der Waals surface area contributed by atoms with Crippen LogP contribution in [-0.2, 0) is 6.42 Å². The smallest absolute Gasteiger partial charge is 0.123 e. The summed E-state index contributed by atoms with van der Waals surface area (Å²) < 4.78 is 13.5. The van der Waals surface area contributed by atoms with Crippen LogP contribution in [0.1, 0.15) is 30.9 Å². The molecular weight excluding hydrogens is 275 g/mol. The highest BCUT2D eigenvalue weighted by Gasteiger charge is 2.14. The van der Waals surface area contributed by atoms with Gasteiger partial charge in [-0.15, -0.1) is 0 Å². The number of nitrogens with zero attached hydrogens (tertiary/aromatic N) is 1. The maximum absolute atomic E-state index is 13.5. The second-order valence-corrected chi connectivity index (χ2v) is 5.78. The predicted molar refractivity (Wildman–Crippen MR) is 87.1 cm³/mol. The number of rotatable bonds is 3. The van der Waals surface area contributed by atoms with Crippen LogP contribution in [0.5, 0.6) is 0 Å². The van der Waals surface area contributed by atoms with Crippen LogP contribution in [0, 0.1) is 17.1 Å². The van der Waals surface area contributed by atoms with E-state index in [0.717, 1.165) is 27.7 Å². The summed E-state index contributed by atoms with van der Waals surface area (Å²) in [6, 6.07) is 15.1. The van der Waals surface area contributed by atoms with Crippen LogP contribution in [0.2, 0.25) is 0 Å². The molecule has 0 aliphatic heterocycles. The average molecular weight is 292 g/mol. The van der Waals surface area contributed by atoms with Crippen LogP contribution < -0.4 is 0 Å². The Hall–Kier alpha value is -2.60. The highest BCUT2D eigenvalue weighted by Crippen LogP contribution is 2.32. The lowest BCUT2D eigenvalue weighted by Gasteiger charge is -2.07. The Morgan fingerprint density at radius 3 is 2.50 bits per heavy atom. The number of halogens is 1. The number of benzene rings is 2. The van der Waals surface area contributed by atoms with Crippen molar-refractivity contribution in [3.8, 4) is 17.3 Å². The Kier molecular flexibility index (Phi) is 3.68. The van der Waals surface area contributed by atoms with Crippen molar-refractivity contribution in [1.29, 1.82) is 5.26 Å². The van der Waals surface area contributed by atoms with Crippen LogP contribution in [-0.4, -0.2) is 4.98 Å². The van der Waals surface area contributed by atoms with E-state index in [1.54, 1.807) is 6.07 Å². The molecule has 0 saturated carbocycles. The molecule has 1 aromatic heterocycles. The van der Waals surface area contributed by atoms with Crippen molar-refractivity contribution in [2.24, 2.45) is 0 Å². The van der Waals surface area contributed by atoms with E-state index in [9.17, 15) is 4.39 Å². The Balaban J connectivity index is 2.17. The molecule has 1 N–H and O–H groups in total. The van der Waals surface area contributed by atoms with Crippen LogP contribution in [0.3, 0.4) is 0 Å². The molecule has 0 amide bonds. The van der Waals surface area contributed by atoms with E-state index in [4.69, 9.17) is 5.26 Å². The highest BCUT2D eigenvalue weighted by molar-refractivity contribution is 5.91. The second-order valence-electron chi connectivity index (χ2n) is 5.78. The summed E-state index contributed by atoms with van der Waals surface area (Å²) in [4.78, 5) is 3.32. The van der Waals surface area contributed by atoms with Gasteiger partial charge in [0.05, 0.1) is 18.2 Å². The standard InChI is InChI=1S/C19H17FN2/c1-12(2)13-3-5-14(6-4-13)19-16(9-10-21)17-11-15(20)7-8-18(17)22-19/h3-8,11-12,22H,9H2,1-2H3. The van der Waals surface area contributed by atoms with Gasteiger partial charge in [-0.25, -0.2) is 4.39 Å². The number of nitrogens with one attached hydrogen (secondary N) is 1. The maximum atomic E-state index is 13.5. The molecule has 0 aliphatic rings. The van der Waals surface area contributed by atoms with E-state index >= 15 is 0 Å². The molecule has 0 spiro atoms. The number of H-pyrrole nitrogens is 1. The molecule has 3 aromatic rings. The molecule has 2 aromatic carbocycles. The molecule has 22 heavy (non-hydrogen) atoms. The minimum atomic E-state index is -0.285. The summed E-state index contributed by atoms with van der Waals surface area (Å²) in [7, 11) is 0. The summed E-state index contributed by atoms with van der Waals surface area (Å²) in [5.74, 6) is 0.192. The summed E-state index contributed by atoms with van der Waals surface area (Å²) in [6.45, 7) is 4.31. The lowest BCUT2D eigenvalue weighted by Crippen LogP contribution is -1.89. The summed E-state index contributed by atoms with van der Waals surface area (Å²) in [5.41, 5.74) is 4.90. The molecule has 0 saturated heterocycles. The molecular formula is C19H17FN2. The fourth-order valence-electron chi connectivity index (χ4n) is 2.76. The monoisotopic (exact) mass is 292 g/mol. The van der Waals surface area contributed by atoms with Crippen molar-refractivity contribution in [2.45, 2.75) is 26.2 Å². The van der Waals surface area contributed by atoms with E-state index in [2.05, 4.69) is 49.2 Å². The molecule has 0 unspecified atom stereocenters. The van der Waals surface area contributed by atoms with Gasteiger partial charge in [-0.3, -0.25) is 0 Å². The van der Waals surface area contributed by atoms with Crippen LogP contribution in [0.25, 0.3) is 22.2 Å². The zero-order valence-corrected chi connectivity index (χ0v) is 12.7. The van der Waals surface area contributed by atoms with Gasteiger partial charge in [-0.1, -0.05) is 38.1 Å². The van der Waals surface area contributed by atoms with Gasteiger partial charge in [0.1, 0.15) is 5.82 Å². The fourth-order valence-corrected chi connectivity index (χ4v) is 2.76. The molecule has 3 heteroatoms. The maximum Gasteiger partial charge on any atom is 0.123 e. The third-order valence-corrected chi connectivity index (χ3v) is 3.99. The Bertz CT molecular complexity index is 852. The third kappa shape index (κ3) is 2.48. The van der Waals surface area contributed by atoms with E-state index in [0.29, 0.717) is 5.92 Å². The van der Waals surface area contributed by atoms with Gasteiger partial charge < -0.3 is 4.98 Å². The van der Waals surface area contributed by atoms with Crippen LogP contribution in [0.15, 0.2) is 42.5 Å². The van der Waals surface area contributed by atoms with Gasteiger partial charge in [0.25, 0.3) is 0 Å². The quantitative estimate of drug-likeness (QED) is 0.711. The molecule has 0 fully saturated rings. The topological polar surface area (TPSA) is 39.6 Å². The number of fused-ring (bicyclic) bond motifs is 1. The van der Waals surface area contributed by atoms with Crippen molar-refractivity contribution < 1.29 is 4.39 Å². The molecule has 0 atom stereocenters. The minimum absolute atomic E-state index is 0.255. The minimum Gasteiger partial charge on any atom is -0.354 e. The van der Waals surface area contributed by atoms with Crippen LogP contribution >= 0.6 is 0 Å². The Morgan fingerprint density at radius 2 is 1.86 bits per heavy atom. The van der Waals surface area contributed by atoms with E-state index in [1.165, 1.54) is 17.7 Å². The van der Waals surface area contributed by atoms with E-state index in [-0.39, 0.29) is 12.2 Å². The van der Waals surface area contributed by atoms with Gasteiger partial charge in [0.15, 0.2) is 0 Å². The van der Waals surface area contributed by atoms with Gasteiger partial charge >= 0.3 is 0 Å². The number of nitriles is 1. The summed E-state index contributed by atoms with van der Waals surface area (Å²) in [6.07, 6.45) is 0.255. The van der Waals surface area contributed by atoms with Crippen molar-refractivity contribution in [3.05, 3.63) is 59.4 Å². The first kappa shape index (κ1) is 14.3. The summed E-state index contributed by atoms with van der Waals surface area (Å²) >= 11 is 0. The molecule has 1 heterocycles. The Labute approximate surface area is 129 Å². The first-order valence-corrected chi connectivity index (χ1v) is 7.37. The predicted octanol–water partition coefficient (Wildman–Crippen LogP) is 5.16. The van der Waals surface area contributed by atoms with Crippen molar-refractivity contribution in [1.82, 2.24) is 4.98 Å². The van der Waals surface area contributed by atoms with Crippen LogP contribution in [0.4, 0.5) is 4.39 Å². The first-order valence-electron chi connectivity index (χ1n) is 7.37. The van der Waals surface area contributed by atoms with Gasteiger partial charge in [0.2, 0.25) is 0 Å². The van der Waals surface area contributed by atoms with E-state index in [1.807, 2.05) is 0 Å². The van der Waals surface area contributed by atoms with Crippen molar-refractivity contribution in [2.75, 3.05) is 0 Å². The molecule has 2 nitrogen and oxygen atoms in total. The normalized spacial score (nSPS) is 11.0. The molecule has 0 aliphatic carbocycles. The lowest BCUT2D eigenvalue weighted by molar-refractivity contribution is 0.629. The van der Waals surface area contributed by atoms with Gasteiger partial charge in [-0.05, 0) is 40.8 Å². The fraction of sp³-hybridized carbons (Fsp3) is 0.211. The molecule has 0 bridgehead atoms. The molecule has 110 valence electrons. The summed E-state index contributed by atoms with van der Waals surface area (Å²) in [5, 5.41) is 9.88. The van der Waals surface area contributed by atoms with Gasteiger partial charge in [0, 0.05) is 10.9 Å². The molecule has 3 rings (SSSR count). The van der Waals surface area contributed by atoms with Gasteiger partial charge in [-0.2, -0.15) is 5.26 Å². The average Bonchev–Trinajstić information content (AvgIpc) is 2.86. The number of hydrogen-bond donors (Lipinski definition) is 1. The largest absolute Gasteiger partial charge is 0.354 e. The van der Waals surface area contributed by atoms with E-state index < -0.39 is 0 Å².